The summed E-state index contributed by atoms with van der Waals surface area (Å²) in [4.78, 5) is 31.8. The molecule has 0 radical (unpaired) electrons. The molecule has 4 heterocycles. The summed E-state index contributed by atoms with van der Waals surface area (Å²) in [6, 6.07) is 6.10. The fourth-order valence-electron chi connectivity index (χ4n) is 4.46. The smallest absolute Gasteiger partial charge is 0.284 e. The Labute approximate surface area is 225 Å². The van der Waals surface area contributed by atoms with Gasteiger partial charge in [-0.2, -0.15) is 8.42 Å². The largest absolute Gasteiger partial charge is 0.390 e. The summed E-state index contributed by atoms with van der Waals surface area (Å²) >= 11 is 2.85. The van der Waals surface area contributed by atoms with Gasteiger partial charge in [0, 0.05) is 28.2 Å². The third-order valence-corrected chi connectivity index (χ3v) is 10.2. The van der Waals surface area contributed by atoms with Gasteiger partial charge in [-0.05, 0) is 61.7 Å². The van der Waals surface area contributed by atoms with Crippen molar-refractivity contribution < 1.29 is 23.1 Å². The quantitative estimate of drug-likeness (QED) is 0.383. The standard InChI is InChI=1S/C25H32N4O5S3/c1-15(2)12-17(28-24(31)22-13-21-20(36-22)9-11-35-21)25(32)29(18-8-7-16(3)27-14-19(18)30)37(33,34)23-6-4-5-10-26-23/h4-6,9-11,13,15-19,27,30H,7-8,12,14H2,1-3H3,(H,28,31)/t16-,17+,18+,19+/m1/s1. The fourth-order valence-corrected chi connectivity index (χ4v) is 8.09. The lowest BCUT2D eigenvalue weighted by molar-refractivity contribution is -0.132. The Kier molecular flexibility index (Phi) is 8.64. The van der Waals surface area contributed by atoms with Crippen molar-refractivity contribution in [2.45, 2.75) is 69.3 Å². The zero-order chi connectivity index (χ0) is 26.7. The third-order valence-electron chi connectivity index (χ3n) is 6.37. The van der Waals surface area contributed by atoms with Gasteiger partial charge in [-0.25, -0.2) is 9.29 Å². The molecule has 4 rings (SSSR count). The topological polar surface area (TPSA) is 129 Å². The number of nitrogens with one attached hydrogen (secondary N) is 2. The Hall–Kier alpha value is -2.38. The van der Waals surface area contributed by atoms with Crippen LogP contribution in [-0.4, -0.2) is 65.4 Å². The van der Waals surface area contributed by atoms with E-state index in [0.717, 1.165) is 13.7 Å². The van der Waals surface area contributed by atoms with Gasteiger partial charge < -0.3 is 15.7 Å². The van der Waals surface area contributed by atoms with Crippen LogP contribution in [0.1, 0.15) is 49.7 Å². The van der Waals surface area contributed by atoms with E-state index in [0.29, 0.717) is 11.3 Å². The second kappa shape index (κ2) is 11.6. The molecular weight excluding hydrogens is 532 g/mol. The lowest BCUT2D eigenvalue weighted by Gasteiger charge is -2.35. The predicted octanol–water partition coefficient (Wildman–Crippen LogP) is 3.22. The van der Waals surface area contributed by atoms with Crippen molar-refractivity contribution in [3.8, 4) is 0 Å². The maximum Gasteiger partial charge on any atom is 0.284 e. The van der Waals surface area contributed by atoms with Gasteiger partial charge >= 0.3 is 0 Å². The molecule has 2 amide bonds. The Bertz CT molecular complexity index is 1310. The van der Waals surface area contributed by atoms with Crippen molar-refractivity contribution >= 4 is 53.9 Å². The molecule has 200 valence electrons. The van der Waals surface area contributed by atoms with Crippen LogP contribution in [0.15, 0.2) is 46.9 Å². The monoisotopic (exact) mass is 564 g/mol. The lowest BCUT2D eigenvalue weighted by atomic mass is 10.0. The van der Waals surface area contributed by atoms with Crippen molar-refractivity contribution in [3.63, 3.8) is 0 Å². The van der Waals surface area contributed by atoms with Crippen molar-refractivity contribution in [2.75, 3.05) is 6.54 Å². The summed E-state index contributed by atoms with van der Waals surface area (Å²) in [6.45, 7) is 5.89. The van der Waals surface area contributed by atoms with Crippen LogP contribution in [0.25, 0.3) is 9.40 Å². The highest BCUT2D eigenvalue weighted by Crippen LogP contribution is 2.30. The first-order chi connectivity index (χ1) is 17.6. The van der Waals surface area contributed by atoms with Crippen LogP contribution in [-0.2, 0) is 14.8 Å². The maximum atomic E-state index is 14.1. The molecule has 4 atom stereocenters. The number of aromatic nitrogens is 1. The molecular formula is C25H32N4O5S3. The summed E-state index contributed by atoms with van der Waals surface area (Å²) in [5.74, 6) is -1.22. The minimum atomic E-state index is -4.42. The second-order valence-electron chi connectivity index (χ2n) is 9.74. The molecule has 0 unspecified atom stereocenters. The lowest BCUT2D eigenvalue weighted by Crippen LogP contribution is -2.57. The minimum Gasteiger partial charge on any atom is -0.390 e. The van der Waals surface area contributed by atoms with E-state index in [1.807, 2.05) is 32.2 Å². The Morgan fingerprint density at radius 3 is 2.70 bits per heavy atom. The van der Waals surface area contributed by atoms with Gasteiger partial charge in [0.25, 0.3) is 21.8 Å². The maximum absolute atomic E-state index is 14.1. The molecule has 1 aliphatic rings. The number of aliphatic hydroxyl groups is 1. The minimum absolute atomic E-state index is 0.0127. The molecule has 3 aromatic rings. The molecule has 3 aromatic heterocycles. The highest BCUT2D eigenvalue weighted by Gasteiger charge is 2.44. The van der Waals surface area contributed by atoms with E-state index >= 15 is 0 Å². The molecule has 12 heteroatoms. The third kappa shape index (κ3) is 6.20. The zero-order valence-corrected chi connectivity index (χ0v) is 23.4. The number of carbonyl (C=O) groups excluding carboxylic acids is 2. The first kappa shape index (κ1) is 27.6. The number of pyridine rings is 1. The van der Waals surface area contributed by atoms with Crippen LogP contribution >= 0.6 is 22.7 Å². The number of aliphatic hydroxyl groups excluding tert-OH is 1. The molecule has 0 spiro atoms. The first-order valence-electron chi connectivity index (χ1n) is 12.3. The van der Waals surface area contributed by atoms with Crippen LogP contribution < -0.4 is 10.6 Å². The van der Waals surface area contributed by atoms with E-state index in [1.54, 1.807) is 12.1 Å². The van der Waals surface area contributed by atoms with E-state index in [-0.39, 0.29) is 36.4 Å². The van der Waals surface area contributed by atoms with Crippen LogP contribution in [0, 0.1) is 5.92 Å². The fraction of sp³-hybridized carbons (Fsp3) is 0.480. The molecule has 0 saturated carbocycles. The normalized spacial score (nSPS) is 21.5. The number of hydrogen-bond donors (Lipinski definition) is 3. The molecule has 0 aromatic carbocycles. The molecule has 1 aliphatic heterocycles. The number of fused-ring (bicyclic) bond motifs is 1. The number of β-amino-alcohol motifs (C(OH)–C–C–N with tert-alkyl or cyclic N) is 1. The average Bonchev–Trinajstić information content (AvgIpc) is 3.43. The first-order valence-corrected chi connectivity index (χ1v) is 15.4. The van der Waals surface area contributed by atoms with Gasteiger partial charge in [-0.3, -0.25) is 9.59 Å². The van der Waals surface area contributed by atoms with Crippen molar-refractivity contribution in [1.29, 1.82) is 0 Å². The van der Waals surface area contributed by atoms with Gasteiger partial charge in [-0.15, -0.1) is 22.7 Å². The molecule has 37 heavy (non-hydrogen) atoms. The van der Waals surface area contributed by atoms with Crippen molar-refractivity contribution in [3.05, 3.63) is 46.8 Å². The van der Waals surface area contributed by atoms with Crippen LogP contribution in [0.3, 0.4) is 0 Å². The van der Waals surface area contributed by atoms with E-state index in [1.165, 1.54) is 41.0 Å². The van der Waals surface area contributed by atoms with Crippen molar-refractivity contribution in [2.24, 2.45) is 5.92 Å². The second-order valence-corrected chi connectivity index (χ2v) is 13.5. The van der Waals surface area contributed by atoms with Gasteiger partial charge in [0.2, 0.25) is 0 Å². The summed E-state index contributed by atoms with van der Waals surface area (Å²) < 4.78 is 30.4. The molecule has 3 N–H and O–H groups in total. The number of amides is 2. The summed E-state index contributed by atoms with van der Waals surface area (Å²) in [5, 5.41) is 18.6. The molecule has 0 aliphatic carbocycles. The van der Waals surface area contributed by atoms with Crippen LogP contribution in [0.4, 0.5) is 0 Å². The molecule has 0 bridgehead atoms. The number of thiophene rings is 2. The predicted molar refractivity (Wildman–Crippen MR) is 145 cm³/mol. The van der Waals surface area contributed by atoms with Crippen LogP contribution in [0.2, 0.25) is 0 Å². The molecule has 1 saturated heterocycles. The average molecular weight is 565 g/mol. The molecule has 9 nitrogen and oxygen atoms in total. The van der Waals surface area contributed by atoms with Gasteiger partial charge in [0.05, 0.1) is 17.0 Å². The van der Waals surface area contributed by atoms with Gasteiger partial charge in [0.1, 0.15) is 6.04 Å². The number of nitrogens with zero attached hydrogens (tertiary/aromatic N) is 2. The summed E-state index contributed by atoms with van der Waals surface area (Å²) in [6.07, 6.45) is 1.30. The molecule has 1 fully saturated rings. The van der Waals surface area contributed by atoms with Gasteiger partial charge in [-0.1, -0.05) is 19.9 Å². The Balaban J connectivity index is 1.71. The van der Waals surface area contributed by atoms with E-state index in [9.17, 15) is 23.1 Å². The van der Waals surface area contributed by atoms with E-state index < -0.39 is 40.0 Å². The Morgan fingerprint density at radius 1 is 1.24 bits per heavy atom. The summed E-state index contributed by atoms with van der Waals surface area (Å²) in [7, 11) is -4.42. The highest BCUT2D eigenvalue weighted by atomic mass is 32.2. The summed E-state index contributed by atoms with van der Waals surface area (Å²) in [5.41, 5.74) is 0. The van der Waals surface area contributed by atoms with E-state index in [2.05, 4.69) is 15.6 Å². The van der Waals surface area contributed by atoms with Gasteiger partial charge in [0.15, 0.2) is 5.03 Å². The van der Waals surface area contributed by atoms with Crippen molar-refractivity contribution in [1.82, 2.24) is 19.9 Å². The number of rotatable bonds is 8. The zero-order valence-electron chi connectivity index (χ0n) is 21.0. The Morgan fingerprint density at radius 2 is 2.03 bits per heavy atom. The van der Waals surface area contributed by atoms with E-state index in [4.69, 9.17) is 0 Å². The number of sulfonamides is 1. The van der Waals surface area contributed by atoms with Crippen LogP contribution in [0.5, 0.6) is 0 Å². The number of carbonyl (C=O) groups is 2. The SMILES string of the molecule is CC(C)C[C@H](NC(=O)c1cc2sccc2s1)C(=O)N([C@H]1CC[C@@H](C)NC[C@@H]1O)S(=O)(=O)c1ccccn1. The number of hydrogen-bond acceptors (Lipinski definition) is 9. The highest BCUT2D eigenvalue weighted by molar-refractivity contribution is 7.89.